The quantitative estimate of drug-likeness (QED) is 0.601. The molecule has 4 heteroatoms. The maximum Gasteiger partial charge on any atom is 0.250 e. The molecule has 0 aliphatic rings. The first-order valence-electron chi connectivity index (χ1n) is 2.96. The van der Waals surface area contributed by atoms with E-state index in [1.807, 2.05) is 6.07 Å². The van der Waals surface area contributed by atoms with Gasteiger partial charge in [-0.1, -0.05) is 21.9 Å². The maximum atomic E-state index is 11.1. The Morgan fingerprint density at radius 2 is 2.09 bits per heavy atom. The van der Waals surface area contributed by atoms with Crippen LogP contribution in [0.5, 0.6) is 0 Å². The van der Waals surface area contributed by atoms with Gasteiger partial charge in [0.15, 0.2) is 0 Å². The monoisotopic (exact) mass is 202 g/mol. The van der Waals surface area contributed by atoms with E-state index in [0.29, 0.717) is 5.02 Å². The summed E-state index contributed by atoms with van der Waals surface area (Å²) in [6.07, 6.45) is 0. The molecule has 0 aliphatic heterocycles. The first-order chi connectivity index (χ1) is 5.27. The first-order valence-corrected chi connectivity index (χ1v) is 5.48. The molecule has 0 saturated heterocycles. The van der Waals surface area contributed by atoms with Gasteiger partial charge in [0.2, 0.25) is 0 Å². The van der Waals surface area contributed by atoms with Gasteiger partial charge < -0.3 is 0 Å². The minimum Gasteiger partial charge on any atom is -0.276 e. The van der Waals surface area contributed by atoms with Gasteiger partial charge in [0.25, 0.3) is 4.74 Å². The third-order valence-electron chi connectivity index (χ3n) is 1.37. The molecule has 0 atom stereocenters. The lowest BCUT2D eigenvalue weighted by atomic mass is 10.3. The van der Waals surface area contributed by atoms with Crippen molar-refractivity contribution in [3.63, 3.8) is 0 Å². The van der Waals surface area contributed by atoms with Crippen molar-refractivity contribution in [1.29, 1.82) is 0 Å². The molecule has 1 aromatic heterocycles. The smallest absolute Gasteiger partial charge is 0.250 e. The van der Waals surface area contributed by atoms with Gasteiger partial charge in [-0.15, -0.1) is 0 Å². The average Bonchev–Trinajstić information content (AvgIpc) is 2.33. The third kappa shape index (κ3) is 1.20. The molecule has 0 N–H and O–H groups in total. The van der Waals surface area contributed by atoms with Gasteiger partial charge in [-0.3, -0.25) is 4.79 Å². The van der Waals surface area contributed by atoms with Crippen LogP contribution in [-0.2, 0) is 0 Å². The molecular weight excluding hydrogens is 200 g/mol. The van der Waals surface area contributed by atoms with Crippen LogP contribution in [-0.4, -0.2) is 0 Å². The van der Waals surface area contributed by atoms with Crippen molar-refractivity contribution in [3.05, 3.63) is 32.8 Å². The van der Waals surface area contributed by atoms with Crippen molar-refractivity contribution in [2.45, 2.75) is 0 Å². The minimum atomic E-state index is 0.104. The number of benzene rings is 1. The molecule has 0 bridgehead atoms. The summed E-state index contributed by atoms with van der Waals surface area (Å²) in [6.45, 7) is 0. The Balaban J connectivity index is 2.99. The zero-order valence-electron chi connectivity index (χ0n) is 5.33. The van der Waals surface area contributed by atoms with Gasteiger partial charge in [-0.2, -0.15) is 0 Å². The summed E-state index contributed by atoms with van der Waals surface area (Å²) in [6, 6.07) is 5.39. The maximum absolute atomic E-state index is 11.1. The van der Waals surface area contributed by atoms with Crippen LogP contribution in [0.2, 0.25) is 5.02 Å². The summed E-state index contributed by atoms with van der Waals surface area (Å²) in [5.74, 6) is 0. The highest BCUT2D eigenvalue weighted by Gasteiger charge is 2.00. The fraction of sp³-hybridized carbons (Fsp3) is 0. The van der Waals surface area contributed by atoms with Crippen molar-refractivity contribution in [3.8, 4) is 0 Å². The predicted octanol–water partition coefficient (Wildman–Crippen LogP) is 2.98. The van der Waals surface area contributed by atoms with Gasteiger partial charge >= 0.3 is 0 Å². The second-order valence-corrected chi connectivity index (χ2v) is 4.67. The molecule has 0 unspecified atom stereocenters. The largest absolute Gasteiger partial charge is 0.276 e. The number of rotatable bonds is 0. The van der Waals surface area contributed by atoms with Crippen LogP contribution in [0.4, 0.5) is 0 Å². The van der Waals surface area contributed by atoms with Crippen molar-refractivity contribution >= 4 is 42.4 Å². The van der Waals surface area contributed by atoms with Crippen LogP contribution in [0.1, 0.15) is 0 Å². The van der Waals surface area contributed by atoms with Crippen molar-refractivity contribution in [1.82, 2.24) is 0 Å². The number of hydrogen-bond donors (Lipinski definition) is 0. The lowest BCUT2D eigenvalue weighted by molar-refractivity contribution is 1.82. The summed E-state index contributed by atoms with van der Waals surface area (Å²) in [5, 5.41) is 1.37. The zero-order chi connectivity index (χ0) is 7.84. The number of hydrogen-bond acceptors (Lipinski definition) is 3. The van der Waals surface area contributed by atoms with Gasteiger partial charge in [0, 0.05) is 9.72 Å². The highest BCUT2D eigenvalue weighted by atomic mass is 35.5. The predicted molar refractivity (Wildman–Crippen MR) is 51.0 cm³/mol. The van der Waals surface area contributed by atoms with Crippen LogP contribution < -0.4 is 4.74 Å². The van der Waals surface area contributed by atoms with Crippen LogP contribution in [0, 0.1) is 0 Å². The Hall–Kier alpha value is -0.380. The molecule has 0 fully saturated rings. The lowest BCUT2D eigenvalue weighted by Gasteiger charge is -1.86. The Morgan fingerprint density at radius 1 is 1.27 bits per heavy atom. The second-order valence-electron chi connectivity index (χ2n) is 2.09. The van der Waals surface area contributed by atoms with Crippen LogP contribution in [0.15, 0.2) is 23.0 Å². The highest BCUT2D eigenvalue weighted by Crippen LogP contribution is 2.22. The Kier molecular flexibility index (Phi) is 1.71. The molecule has 0 aliphatic carbocycles. The summed E-state index contributed by atoms with van der Waals surface area (Å²) in [4.78, 5) is 11.1. The molecule has 2 aromatic rings. The molecule has 0 amide bonds. The SMILES string of the molecule is O=c1ssc2ccc(Cl)cc12. The fourth-order valence-electron chi connectivity index (χ4n) is 0.862. The third-order valence-corrected chi connectivity index (χ3v) is 3.84. The molecule has 0 saturated carbocycles. The molecule has 11 heavy (non-hydrogen) atoms. The van der Waals surface area contributed by atoms with E-state index in [2.05, 4.69) is 0 Å². The minimum absolute atomic E-state index is 0.104. The van der Waals surface area contributed by atoms with Crippen molar-refractivity contribution in [2.75, 3.05) is 0 Å². The lowest BCUT2D eigenvalue weighted by Crippen LogP contribution is -1.86. The molecule has 1 heterocycles. The van der Waals surface area contributed by atoms with Crippen LogP contribution in [0.3, 0.4) is 0 Å². The summed E-state index contributed by atoms with van der Waals surface area (Å²) < 4.78 is 1.12. The molecular formula is C7H3ClOS2. The summed E-state index contributed by atoms with van der Waals surface area (Å²) in [7, 11) is 2.75. The first kappa shape index (κ1) is 7.28. The van der Waals surface area contributed by atoms with E-state index in [1.54, 1.807) is 12.1 Å². The fourth-order valence-corrected chi connectivity index (χ4v) is 3.09. The van der Waals surface area contributed by atoms with E-state index >= 15 is 0 Å². The second kappa shape index (κ2) is 2.59. The van der Waals surface area contributed by atoms with Crippen LogP contribution >= 0.6 is 32.3 Å². The van der Waals surface area contributed by atoms with Gasteiger partial charge in [0.1, 0.15) is 0 Å². The Bertz CT molecular complexity index is 443. The van der Waals surface area contributed by atoms with E-state index in [4.69, 9.17) is 11.6 Å². The average molecular weight is 203 g/mol. The van der Waals surface area contributed by atoms with Crippen LogP contribution in [0.25, 0.3) is 10.1 Å². The Morgan fingerprint density at radius 3 is 2.91 bits per heavy atom. The standard InChI is InChI=1S/C7H3ClOS2/c8-4-1-2-6-5(3-4)7(9)11-10-6/h1-3H. The normalized spacial score (nSPS) is 10.6. The van der Waals surface area contributed by atoms with Gasteiger partial charge in [-0.05, 0) is 28.5 Å². The molecule has 56 valence electrons. The number of halogens is 1. The molecule has 1 nitrogen and oxygen atoms in total. The molecule has 1 aromatic carbocycles. The number of fused-ring (bicyclic) bond motifs is 1. The molecule has 0 spiro atoms. The van der Waals surface area contributed by atoms with Crippen molar-refractivity contribution < 1.29 is 0 Å². The topological polar surface area (TPSA) is 17.1 Å². The van der Waals surface area contributed by atoms with E-state index < -0.39 is 0 Å². The van der Waals surface area contributed by atoms with E-state index in [0.717, 1.165) is 10.1 Å². The molecule has 0 radical (unpaired) electrons. The zero-order valence-corrected chi connectivity index (χ0v) is 7.72. The summed E-state index contributed by atoms with van der Waals surface area (Å²) >= 11 is 5.72. The van der Waals surface area contributed by atoms with Gasteiger partial charge in [0.05, 0.1) is 5.39 Å². The van der Waals surface area contributed by atoms with Gasteiger partial charge in [-0.25, -0.2) is 0 Å². The van der Waals surface area contributed by atoms with E-state index in [1.165, 1.54) is 20.7 Å². The Labute approximate surface area is 75.2 Å². The highest BCUT2D eigenvalue weighted by molar-refractivity contribution is 7.71. The van der Waals surface area contributed by atoms with E-state index in [-0.39, 0.29) is 4.74 Å². The van der Waals surface area contributed by atoms with Crippen molar-refractivity contribution in [2.24, 2.45) is 0 Å². The van der Waals surface area contributed by atoms with E-state index in [9.17, 15) is 4.79 Å². The summed E-state index contributed by atoms with van der Waals surface area (Å²) in [5.41, 5.74) is 0. The molecule has 2 rings (SSSR count).